The van der Waals surface area contributed by atoms with Crippen LogP contribution in [-0.4, -0.2) is 38.0 Å². The maximum atomic E-state index is 13.7. The fraction of sp³-hybridized carbons (Fsp3) is 0.158. The van der Waals surface area contributed by atoms with E-state index in [1.54, 1.807) is 0 Å². The van der Waals surface area contributed by atoms with Gasteiger partial charge in [-0.2, -0.15) is 4.72 Å². The lowest BCUT2D eigenvalue weighted by atomic mass is 9.90. The van der Waals surface area contributed by atoms with Crippen molar-refractivity contribution in [1.82, 2.24) is 14.7 Å². The van der Waals surface area contributed by atoms with Crippen LogP contribution < -0.4 is 4.72 Å². The Kier molecular flexibility index (Phi) is 6.95. The van der Waals surface area contributed by atoms with E-state index in [4.69, 9.17) is 23.2 Å². The Labute approximate surface area is 186 Å². The third-order valence-corrected chi connectivity index (χ3v) is 6.21. The number of halogens is 4. The Hall–Kier alpha value is -2.53. The summed E-state index contributed by atoms with van der Waals surface area (Å²) in [5, 5.41) is -0.637. The molecule has 0 spiro atoms. The van der Waals surface area contributed by atoms with Crippen molar-refractivity contribution in [2.45, 2.75) is 10.9 Å². The van der Waals surface area contributed by atoms with Crippen LogP contribution in [0.1, 0.15) is 22.9 Å². The molecule has 2 aromatic carbocycles. The summed E-state index contributed by atoms with van der Waals surface area (Å²) in [6, 6.07) is 7.88. The number of methoxy groups -OCH3 is 1. The highest BCUT2D eigenvalue weighted by Crippen LogP contribution is 2.34. The molecule has 3 aromatic rings. The van der Waals surface area contributed by atoms with Gasteiger partial charge in [0.2, 0.25) is 0 Å². The summed E-state index contributed by atoms with van der Waals surface area (Å²) in [6.07, 6.45) is 1.05. The molecule has 0 atom stereocenters. The molecule has 0 aliphatic rings. The Morgan fingerprint density at radius 2 is 1.68 bits per heavy atom. The lowest BCUT2D eigenvalue weighted by Gasteiger charge is -2.17. The first-order chi connectivity index (χ1) is 14.6. The number of nitrogens with one attached hydrogen (secondary N) is 2. The van der Waals surface area contributed by atoms with E-state index in [0.717, 1.165) is 25.4 Å². The number of benzene rings is 2. The molecule has 0 fully saturated rings. The van der Waals surface area contributed by atoms with Gasteiger partial charge in [-0.3, -0.25) is 4.79 Å². The highest BCUT2D eigenvalue weighted by Gasteiger charge is 2.25. The second-order valence-corrected chi connectivity index (χ2v) is 8.86. The molecule has 0 aliphatic carbocycles. The van der Waals surface area contributed by atoms with E-state index >= 15 is 0 Å². The minimum absolute atomic E-state index is 0.142. The van der Waals surface area contributed by atoms with Gasteiger partial charge in [0.25, 0.3) is 10.0 Å². The second-order valence-electron chi connectivity index (χ2n) is 6.31. The molecule has 0 amide bonds. The number of aromatic amines is 1. The van der Waals surface area contributed by atoms with Crippen molar-refractivity contribution in [3.63, 3.8) is 0 Å². The van der Waals surface area contributed by atoms with Gasteiger partial charge in [-0.15, -0.1) is 0 Å². The van der Waals surface area contributed by atoms with Crippen LogP contribution >= 0.6 is 23.2 Å². The summed E-state index contributed by atoms with van der Waals surface area (Å²) >= 11 is 11.8. The number of carbonyl (C=O) groups is 1. The number of aromatic nitrogens is 2. The van der Waals surface area contributed by atoms with Gasteiger partial charge in [0.05, 0.1) is 29.3 Å². The molecule has 0 saturated carbocycles. The number of rotatable bonds is 7. The van der Waals surface area contributed by atoms with Crippen molar-refractivity contribution >= 4 is 39.2 Å². The molecule has 3 rings (SSSR count). The van der Waals surface area contributed by atoms with Gasteiger partial charge in [0.1, 0.15) is 24.0 Å². The third kappa shape index (κ3) is 5.21. The van der Waals surface area contributed by atoms with Crippen molar-refractivity contribution in [3.8, 4) is 0 Å². The first-order valence-electron chi connectivity index (χ1n) is 8.63. The zero-order chi connectivity index (χ0) is 22.8. The van der Waals surface area contributed by atoms with Crippen molar-refractivity contribution in [3.05, 3.63) is 81.2 Å². The van der Waals surface area contributed by atoms with Gasteiger partial charge in [-0.1, -0.05) is 35.3 Å². The van der Waals surface area contributed by atoms with Crippen LogP contribution in [0.25, 0.3) is 0 Å². The summed E-state index contributed by atoms with van der Waals surface area (Å²) in [6.45, 7) is -0.572. The number of nitrogens with zero attached hydrogens (tertiary/aromatic N) is 1. The summed E-state index contributed by atoms with van der Waals surface area (Å²) in [5.74, 6) is -2.69. The average molecular weight is 490 g/mol. The zero-order valence-corrected chi connectivity index (χ0v) is 18.2. The maximum Gasteiger partial charge on any atom is 0.320 e. The Morgan fingerprint density at radius 3 is 2.16 bits per heavy atom. The molecule has 0 bridgehead atoms. The van der Waals surface area contributed by atoms with Crippen molar-refractivity contribution in [2.75, 3.05) is 13.7 Å². The van der Waals surface area contributed by atoms with Crippen molar-refractivity contribution in [2.24, 2.45) is 0 Å². The normalized spacial score (nSPS) is 11.7. The topological polar surface area (TPSA) is 101 Å². The first-order valence-corrected chi connectivity index (χ1v) is 10.9. The molecule has 7 nitrogen and oxygen atoms in total. The summed E-state index contributed by atoms with van der Waals surface area (Å²) < 4.78 is 58.7. The highest BCUT2D eigenvalue weighted by atomic mass is 35.5. The Balaban J connectivity index is 2.05. The van der Waals surface area contributed by atoms with Gasteiger partial charge >= 0.3 is 5.97 Å². The lowest BCUT2D eigenvalue weighted by Crippen LogP contribution is -2.30. The van der Waals surface area contributed by atoms with Crippen LogP contribution in [0.2, 0.25) is 10.0 Å². The minimum atomic E-state index is -4.11. The van der Waals surface area contributed by atoms with Crippen LogP contribution in [0, 0.1) is 11.6 Å². The molecule has 1 heterocycles. The van der Waals surface area contributed by atoms with Crippen LogP contribution in [0.15, 0.2) is 47.6 Å². The largest absolute Gasteiger partial charge is 0.468 e. The quantitative estimate of drug-likeness (QED) is 0.493. The second kappa shape index (κ2) is 9.31. The number of hydrogen-bond acceptors (Lipinski definition) is 5. The van der Waals surface area contributed by atoms with Crippen LogP contribution in [0.5, 0.6) is 0 Å². The minimum Gasteiger partial charge on any atom is -0.468 e. The van der Waals surface area contributed by atoms with E-state index in [9.17, 15) is 22.0 Å². The summed E-state index contributed by atoms with van der Waals surface area (Å²) in [4.78, 5) is 18.0. The molecule has 164 valence electrons. The third-order valence-electron chi connectivity index (χ3n) is 4.32. The highest BCUT2D eigenvalue weighted by molar-refractivity contribution is 7.89. The number of sulfonamides is 1. The molecular formula is C19H15Cl2F2N3O4S. The van der Waals surface area contributed by atoms with E-state index in [1.165, 1.54) is 24.3 Å². The van der Waals surface area contributed by atoms with Gasteiger partial charge in [-0.25, -0.2) is 22.2 Å². The van der Waals surface area contributed by atoms with E-state index in [1.807, 2.05) is 0 Å². The average Bonchev–Trinajstić information content (AvgIpc) is 3.22. The Morgan fingerprint density at radius 1 is 1.13 bits per heavy atom. The molecule has 2 N–H and O–H groups in total. The first kappa shape index (κ1) is 23.1. The van der Waals surface area contributed by atoms with Crippen LogP contribution in [0.4, 0.5) is 8.78 Å². The number of hydrogen-bond donors (Lipinski definition) is 2. The SMILES string of the molecule is COC(=O)CNS(=O)(=O)c1cnc(C(c2ccc(F)c(Cl)c2)c2ccc(F)c(Cl)c2)[nH]1. The van der Waals surface area contributed by atoms with E-state index in [-0.39, 0.29) is 20.9 Å². The molecule has 0 unspecified atom stereocenters. The maximum absolute atomic E-state index is 13.7. The van der Waals surface area contributed by atoms with Gasteiger partial charge in [0, 0.05) is 0 Å². The number of H-pyrrole nitrogens is 1. The molecule has 1 aromatic heterocycles. The Bertz CT molecular complexity index is 1180. The number of esters is 1. The number of carbonyl (C=O) groups excluding carboxylic acids is 1. The standard InChI is InChI=1S/C19H15Cl2F2N3O4S/c1-30-17(27)9-25-31(28,29)16-8-24-19(26-16)18(10-2-4-14(22)12(20)6-10)11-3-5-15(23)13(21)7-11/h2-8,18,25H,9H2,1H3,(H,24,26). The number of ether oxygens (including phenoxy) is 1. The van der Waals surface area contributed by atoms with E-state index in [0.29, 0.717) is 11.1 Å². The smallest absolute Gasteiger partial charge is 0.320 e. The van der Waals surface area contributed by atoms with Crippen LogP contribution in [-0.2, 0) is 19.6 Å². The summed E-state index contributed by atoms with van der Waals surface area (Å²) in [5.41, 5.74) is 0.907. The fourth-order valence-corrected chi connectivity index (χ4v) is 4.07. The van der Waals surface area contributed by atoms with Gasteiger partial charge in [-0.05, 0) is 35.4 Å². The zero-order valence-electron chi connectivity index (χ0n) is 15.8. The molecule has 0 radical (unpaired) electrons. The molecule has 31 heavy (non-hydrogen) atoms. The van der Waals surface area contributed by atoms with E-state index in [2.05, 4.69) is 19.4 Å². The monoisotopic (exact) mass is 489 g/mol. The van der Waals surface area contributed by atoms with E-state index < -0.39 is 40.1 Å². The predicted octanol–water partition coefficient (Wildman–Crippen LogP) is 3.63. The molecular weight excluding hydrogens is 475 g/mol. The molecule has 12 heteroatoms. The fourth-order valence-electron chi connectivity index (χ4n) is 2.80. The lowest BCUT2D eigenvalue weighted by molar-refractivity contribution is -0.139. The van der Waals surface area contributed by atoms with Crippen molar-refractivity contribution < 1.29 is 26.7 Å². The predicted molar refractivity (Wildman–Crippen MR) is 110 cm³/mol. The summed E-state index contributed by atoms with van der Waals surface area (Å²) in [7, 11) is -2.99. The molecule has 0 saturated heterocycles. The number of imidazole rings is 1. The van der Waals surface area contributed by atoms with Crippen LogP contribution in [0.3, 0.4) is 0 Å². The van der Waals surface area contributed by atoms with Gasteiger partial charge in [0.15, 0.2) is 5.03 Å². The molecule has 0 aliphatic heterocycles. The van der Waals surface area contributed by atoms with Gasteiger partial charge < -0.3 is 9.72 Å². The van der Waals surface area contributed by atoms with Crippen molar-refractivity contribution in [1.29, 1.82) is 0 Å².